The van der Waals surface area contributed by atoms with Gasteiger partial charge < -0.3 is 5.32 Å². The van der Waals surface area contributed by atoms with E-state index in [4.69, 9.17) is 0 Å². The molecule has 0 spiro atoms. The molecule has 0 saturated carbocycles. The molecule has 1 amide bonds. The summed E-state index contributed by atoms with van der Waals surface area (Å²) in [5, 5.41) is 6.74. The van der Waals surface area contributed by atoms with Gasteiger partial charge >= 0.3 is 0 Å². The maximum absolute atomic E-state index is 11.1. The maximum atomic E-state index is 11.1. The molecular weight excluding hydrogens is 204 g/mol. The van der Waals surface area contributed by atoms with Crippen LogP contribution in [0.5, 0.6) is 0 Å². The van der Waals surface area contributed by atoms with Crippen molar-refractivity contribution in [2.75, 3.05) is 5.32 Å². The average molecular weight is 214 g/mol. The Kier molecular flexibility index (Phi) is 2.77. The molecule has 5 nitrogen and oxygen atoms in total. The predicted octanol–water partition coefficient (Wildman–Crippen LogP) is 1.39. The van der Waals surface area contributed by atoms with Gasteiger partial charge in [-0.1, -0.05) is 6.58 Å². The van der Waals surface area contributed by atoms with Crippen molar-refractivity contribution >= 4 is 11.6 Å². The normalized spacial score (nSPS) is 9.75. The zero-order valence-electron chi connectivity index (χ0n) is 8.50. The molecule has 1 N–H and O–H groups in total. The van der Waals surface area contributed by atoms with Crippen molar-refractivity contribution in [1.82, 2.24) is 14.8 Å². The highest BCUT2D eigenvalue weighted by atomic mass is 16.1. The second-order valence-corrected chi connectivity index (χ2v) is 3.07. The van der Waals surface area contributed by atoms with Crippen LogP contribution in [0, 0.1) is 0 Å². The van der Waals surface area contributed by atoms with Crippen molar-refractivity contribution in [1.29, 1.82) is 0 Å². The summed E-state index contributed by atoms with van der Waals surface area (Å²) in [6, 6.07) is 3.65. The first kappa shape index (κ1) is 10.1. The van der Waals surface area contributed by atoms with Gasteiger partial charge in [-0.2, -0.15) is 5.10 Å². The summed E-state index contributed by atoms with van der Waals surface area (Å²) < 4.78 is 1.65. The van der Waals surface area contributed by atoms with E-state index in [1.807, 2.05) is 12.1 Å². The van der Waals surface area contributed by atoms with Gasteiger partial charge in [-0.25, -0.2) is 4.68 Å². The van der Waals surface area contributed by atoms with Gasteiger partial charge in [0.1, 0.15) is 0 Å². The molecule has 2 rings (SSSR count). The fraction of sp³-hybridized carbons (Fsp3) is 0. The van der Waals surface area contributed by atoms with E-state index >= 15 is 0 Å². The van der Waals surface area contributed by atoms with Crippen molar-refractivity contribution in [2.24, 2.45) is 0 Å². The largest absolute Gasteiger partial charge is 0.320 e. The Balaban J connectivity index is 2.20. The molecule has 2 heterocycles. The summed E-state index contributed by atoms with van der Waals surface area (Å²) in [5.74, 6) is -0.255. The lowest BCUT2D eigenvalue weighted by Gasteiger charge is -1.99. The predicted molar refractivity (Wildman–Crippen MR) is 60.2 cm³/mol. The summed E-state index contributed by atoms with van der Waals surface area (Å²) >= 11 is 0. The lowest BCUT2D eigenvalue weighted by molar-refractivity contribution is -0.111. The molecule has 2 aromatic heterocycles. The first-order chi connectivity index (χ1) is 7.79. The molecule has 0 aromatic carbocycles. The van der Waals surface area contributed by atoms with Crippen LogP contribution in [-0.2, 0) is 4.79 Å². The third-order valence-electron chi connectivity index (χ3n) is 1.96. The van der Waals surface area contributed by atoms with Crippen molar-refractivity contribution in [3.8, 4) is 5.69 Å². The first-order valence-corrected chi connectivity index (χ1v) is 4.68. The Morgan fingerprint density at radius 1 is 1.44 bits per heavy atom. The van der Waals surface area contributed by atoms with Crippen LogP contribution < -0.4 is 5.32 Å². The summed E-state index contributed by atoms with van der Waals surface area (Å²) in [6.45, 7) is 3.37. The molecule has 80 valence electrons. The number of carbonyl (C=O) groups is 1. The molecular formula is C11H10N4O. The topological polar surface area (TPSA) is 59.8 Å². The average Bonchev–Trinajstić information content (AvgIpc) is 2.78. The van der Waals surface area contributed by atoms with Gasteiger partial charge in [-0.3, -0.25) is 9.78 Å². The molecule has 0 unspecified atom stereocenters. The second kappa shape index (κ2) is 4.39. The number of nitrogens with one attached hydrogen (secondary N) is 1. The summed E-state index contributed by atoms with van der Waals surface area (Å²) in [5.41, 5.74) is 1.51. The minimum Gasteiger partial charge on any atom is -0.320 e. The highest BCUT2D eigenvalue weighted by Crippen LogP contribution is 2.10. The number of carbonyl (C=O) groups excluding carboxylic acids is 1. The van der Waals surface area contributed by atoms with E-state index in [-0.39, 0.29) is 5.91 Å². The Labute approximate surface area is 92.4 Å². The minimum absolute atomic E-state index is 0.255. The number of hydrogen-bond acceptors (Lipinski definition) is 3. The standard InChI is InChI=1S/C11H10N4O/c1-2-11(16)14-9-7-13-15(8-9)10-3-5-12-6-4-10/h2-8H,1H2,(H,14,16). The van der Waals surface area contributed by atoms with Crippen LogP contribution in [0.3, 0.4) is 0 Å². The molecule has 5 heteroatoms. The summed E-state index contributed by atoms with van der Waals surface area (Å²) in [6.07, 6.45) is 7.86. The molecule has 0 radical (unpaired) electrons. The number of amides is 1. The number of aromatic nitrogens is 3. The second-order valence-electron chi connectivity index (χ2n) is 3.07. The number of pyridine rings is 1. The Morgan fingerprint density at radius 2 is 2.19 bits per heavy atom. The van der Waals surface area contributed by atoms with Gasteiger partial charge in [-0.05, 0) is 18.2 Å². The zero-order chi connectivity index (χ0) is 11.4. The van der Waals surface area contributed by atoms with Gasteiger partial charge in [0.15, 0.2) is 0 Å². The lowest BCUT2D eigenvalue weighted by Crippen LogP contribution is -2.06. The van der Waals surface area contributed by atoms with Crippen LogP contribution in [0.4, 0.5) is 5.69 Å². The molecule has 0 atom stereocenters. The van der Waals surface area contributed by atoms with E-state index in [0.717, 1.165) is 5.69 Å². The monoisotopic (exact) mass is 214 g/mol. The van der Waals surface area contributed by atoms with Gasteiger partial charge in [0, 0.05) is 12.4 Å². The Bertz CT molecular complexity index is 504. The van der Waals surface area contributed by atoms with Crippen molar-refractivity contribution in [2.45, 2.75) is 0 Å². The SMILES string of the molecule is C=CC(=O)Nc1cnn(-c2ccncc2)c1. The van der Waals surface area contributed by atoms with Crippen LogP contribution >= 0.6 is 0 Å². The maximum Gasteiger partial charge on any atom is 0.247 e. The van der Waals surface area contributed by atoms with Gasteiger partial charge in [0.2, 0.25) is 5.91 Å². The smallest absolute Gasteiger partial charge is 0.247 e. The lowest BCUT2D eigenvalue weighted by atomic mass is 10.4. The van der Waals surface area contributed by atoms with Crippen molar-refractivity contribution in [3.05, 3.63) is 49.6 Å². The Morgan fingerprint density at radius 3 is 2.88 bits per heavy atom. The first-order valence-electron chi connectivity index (χ1n) is 4.68. The minimum atomic E-state index is -0.255. The quantitative estimate of drug-likeness (QED) is 0.785. The molecule has 0 saturated heterocycles. The third-order valence-corrected chi connectivity index (χ3v) is 1.96. The summed E-state index contributed by atoms with van der Waals surface area (Å²) in [4.78, 5) is 15.0. The van der Waals surface area contributed by atoms with E-state index in [1.54, 1.807) is 29.5 Å². The molecule has 2 aromatic rings. The van der Waals surface area contributed by atoms with Crippen LogP contribution in [0.1, 0.15) is 0 Å². The number of anilines is 1. The highest BCUT2D eigenvalue weighted by molar-refractivity contribution is 5.98. The van der Waals surface area contributed by atoms with E-state index in [9.17, 15) is 4.79 Å². The molecule has 16 heavy (non-hydrogen) atoms. The van der Waals surface area contributed by atoms with Crippen LogP contribution in [0.2, 0.25) is 0 Å². The zero-order valence-corrected chi connectivity index (χ0v) is 8.50. The van der Waals surface area contributed by atoms with Gasteiger partial charge in [0.25, 0.3) is 0 Å². The van der Waals surface area contributed by atoms with E-state index < -0.39 is 0 Å². The molecule has 0 fully saturated rings. The fourth-order valence-electron chi connectivity index (χ4n) is 1.22. The Hall–Kier alpha value is -2.43. The van der Waals surface area contributed by atoms with Crippen molar-refractivity contribution < 1.29 is 4.79 Å². The molecule has 0 bridgehead atoms. The van der Waals surface area contributed by atoms with E-state index in [2.05, 4.69) is 22.0 Å². The molecule has 0 aliphatic rings. The molecule has 0 aliphatic carbocycles. The van der Waals surface area contributed by atoms with Crippen molar-refractivity contribution in [3.63, 3.8) is 0 Å². The van der Waals surface area contributed by atoms with Gasteiger partial charge in [0.05, 0.1) is 23.8 Å². The van der Waals surface area contributed by atoms with Crippen LogP contribution in [0.15, 0.2) is 49.6 Å². The highest BCUT2D eigenvalue weighted by Gasteiger charge is 2.01. The number of nitrogens with zero attached hydrogens (tertiary/aromatic N) is 3. The van der Waals surface area contributed by atoms with E-state index in [0.29, 0.717) is 5.69 Å². The third kappa shape index (κ3) is 2.14. The van der Waals surface area contributed by atoms with Crippen LogP contribution in [0.25, 0.3) is 5.69 Å². The van der Waals surface area contributed by atoms with Gasteiger partial charge in [-0.15, -0.1) is 0 Å². The van der Waals surface area contributed by atoms with E-state index in [1.165, 1.54) is 6.08 Å². The fourth-order valence-corrected chi connectivity index (χ4v) is 1.22. The number of rotatable bonds is 3. The molecule has 0 aliphatic heterocycles. The summed E-state index contributed by atoms with van der Waals surface area (Å²) in [7, 11) is 0. The number of hydrogen-bond donors (Lipinski definition) is 1. The van der Waals surface area contributed by atoms with Crippen LogP contribution in [-0.4, -0.2) is 20.7 Å².